The summed E-state index contributed by atoms with van der Waals surface area (Å²) in [6.45, 7) is 4.11. The van der Waals surface area contributed by atoms with Crippen LogP contribution in [0, 0.1) is 11.3 Å². The molecule has 1 spiro atoms. The second kappa shape index (κ2) is 3.62. The van der Waals surface area contributed by atoms with Gasteiger partial charge in [0.25, 0.3) is 0 Å². The van der Waals surface area contributed by atoms with Crippen molar-refractivity contribution in [3.8, 4) is 0 Å². The predicted molar refractivity (Wildman–Crippen MR) is 74.6 cm³/mol. The molecule has 3 atom stereocenters. The zero-order valence-electron chi connectivity index (χ0n) is 12.2. The second-order valence-corrected chi connectivity index (χ2v) is 7.17. The molecule has 110 valence electrons. The zero-order valence-corrected chi connectivity index (χ0v) is 12.2. The monoisotopic (exact) mass is 286 g/mol. The lowest BCUT2D eigenvalue weighted by molar-refractivity contribution is -0.226. The number of Topliss-reactive ketones (excluding diaryl/α,β-unsaturated/α-hetero) is 2. The van der Waals surface area contributed by atoms with Crippen molar-refractivity contribution in [2.45, 2.75) is 44.5 Å². The number of fused-ring (bicyclic) bond motifs is 3. The molecular weight excluding hydrogens is 268 g/mol. The molecule has 4 rings (SSSR count). The van der Waals surface area contributed by atoms with E-state index in [4.69, 9.17) is 4.74 Å². The maximum atomic E-state index is 13.0. The molecule has 0 unspecified atom stereocenters. The molecule has 1 saturated heterocycles. The van der Waals surface area contributed by atoms with E-state index in [0.29, 0.717) is 24.0 Å². The van der Waals surface area contributed by atoms with Gasteiger partial charge in [-0.25, -0.2) is 0 Å². The summed E-state index contributed by atoms with van der Waals surface area (Å²) < 4.78 is 5.82. The van der Waals surface area contributed by atoms with Gasteiger partial charge in [-0.15, -0.1) is 0 Å². The van der Waals surface area contributed by atoms with E-state index in [1.807, 2.05) is 0 Å². The van der Waals surface area contributed by atoms with Gasteiger partial charge in [0.2, 0.25) is 5.78 Å². The van der Waals surface area contributed by atoms with E-state index in [-0.39, 0.29) is 22.9 Å². The predicted octanol–water partition coefficient (Wildman–Crippen LogP) is 2.19. The topological polar surface area (TPSA) is 63.6 Å². The fourth-order valence-electron chi connectivity index (χ4n) is 4.39. The molecule has 2 fully saturated rings. The Balaban J connectivity index is 2.01. The lowest BCUT2D eigenvalue weighted by atomic mass is 9.59. The molecule has 0 aromatic heterocycles. The number of hydrogen-bond donors (Lipinski definition) is 1. The Morgan fingerprint density at radius 2 is 1.95 bits per heavy atom. The summed E-state index contributed by atoms with van der Waals surface area (Å²) >= 11 is 0. The highest BCUT2D eigenvalue weighted by Crippen LogP contribution is 2.61. The third-order valence-electron chi connectivity index (χ3n) is 5.59. The molecule has 2 bridgehead atoms. The summed E-state index contributed by atoms with van der Waals surface area (Å²) in [7, 11) is 0. The van der Waals surface area contributed by atoms with Crippen LogP contribution in [0.2, 0.25) is 0 Å². The van der Waals surface area contributed by atoms with Gasteiger partial charge >= 0.3 is 0 Å². The fraction of sp³-hybridized carbons (Fsp3) is 0.529. The quantitative estimate of drug-likeness (QED) is 0.743. The van der Waals surface area contributed by atoms with Gasteiger partial charge in [0.15, 0.2) is 17.2 Å². The number of carbonyl (C=O) groups is 2. The van der Waals surface area contributed by atoms with Crippen LogP contribution < -0.4 is 0 Å². The summed E-state index contributed by atoms with van der Waals surface area (Å²) in [6.07, 6.45) is 1.35. The van der Waals surface area contributed by atoms with Crippen LogP contribution in [0.3, 0.4) is 0 Å². The number of ether oxygens (including phenoxy) is 1. The van der Waals surface area contributed by atoms with Gasteiger partial charge < -0.3 is 9.84 Å². The summed E-state index contributed by atoms with van der Waals surface area (Å²) in [6, 6.07) is 6.94. The summed E-state index contributed by atoms with van der Waals surface area (Å²) in [4.78, 5) is 25.6. The van der Waals surface area contributed by atoms with Crippen LogP contribution in [-0.2, 0) is 15.3 Å². The SMILES string of the molecule is CC1(C)CCC(=O)[C@@]23O[C@@](O)(C[C@@H]12)c1ccccc1C3=O. The average molecular weight is 286 g/mol. The molecule has 0 amide bonds. The molecule has 21 heavy (non-hydrogen) atoms. The normalized spacial score (nSPS) is 39.9. The smallest absolute Gasteiger partial charge is 0.203 e. The van der Waals surface area contributed by atoms with Crippen molar-refractivity contribution >= 4 is 11.6 Å². The lowest BCUT2D eigenvalue weighted by Gasteiger charge is -2.46. The first-order chi connectivity index (χ1) is 9.81. The average Bonchev–Trinajstić information content (AvgIpc) is 2.77. The van der Waals surface area contributed by atoms with Crippen molar-refractivity contribution in [3.05, 3.63) is 35.4 Å². The van der Waals surface area contributed by atoms with Crippen molar-refractivity contribution < 1.29 is 19.4 Å². The maximum absolute atomic E-state index is 13.0. The number of benzene rings is 1. The molecule has 3 aliphatic rings. The van der Waals surface area contributed by atoms with E-state index in [9.17, 15) is 14.7 Å². The van der Waals surface area contributed by atoms with Crippen LogP contribution in [0.1, 0.15) is 49.0 Å². The lowest BCUT2D eigenvalue weighted by Crippen LogP contribution is -2.60. The molecule has 2 heterocycles. The first-order valence-electron chi connectivity index (χ1n) is 7.41. The number of rotatable bonds is 0. The van der Waals surface area contributed by atoms with E-state index in [1.165, 1.54) is 0 Å². The van der Waals surface area contributed by atoms with Crippen molar-refractivity contribution in [2.75, 3.05) is 0 Å². The van der Waals surface area contributed by atoms with E-state index < -0.39 is 11.4 Å². The van der Waals surface area contributed by atoms with E-state index >= 15 is 0 Å². The molecule has 4 heteroatoms. The van der Waals surface area contributed by atoms with Crippen LogP contribution in [-0.4, -0.2) is 22.3 Å². The first kappa shape index (κ1) is 13.2. The largest absolute Gasteiger partial charge is 0.362 e. The van der Waals surface area contributed by atoms with E-state index in [2.05, 4.69) is 13.8 Å². The van der Waals surface area contributed by atoms with Crippen LogP contribution in [0.15, 0.2) is 24.3 Å². The Morgan fingerprint density at radius 1 is 1.24 bits per heavy atom. The van der Waals surface area contributed by atoms with Gasteiger partial charge in [-0.1, -0.05) is 38.1 Å². The minimum atomic E-state index is -1.52. The Labute approximate surface area is 123 Å². The summed E-state index contributed by atoms with van der Waals surface area (Å²) in [5.41, 5.74) is -0.764. The molecule has 2 aliphatic heterocycles. The van der Waals surface area contributed by atoms with Gasteiger partial charge in [0.05, 0.1) is 0 Å². The molecule has 1 aliphatic carbocycles. The standard InChI is InChI=1S/C17H18O4/c1-15(2)8-7-13(18)17-12(15)9-16(20,21-17)11-6-4-3-5-10(11)14(17)19/h3-6,12,20H,7-9H2,1-2H3/t12-,16-,17-/m0/s1. The first-order valence-corrected chi connectivity index (χ1v) is 7.41. The van der Waals surface area contributed by atoms with E-state index in [1.54, 1.807) is 24.3 Å². The van der Waals surface area contributed by atoms with Crippen molar-refractivity contribution in [2.24, 2.45) is 11.3 Å². The van der Waals surface area contributed by atoms with Gasteiger partial charge in [-0.05, 0) is 11.8 Å². The van der Waals surface area contributed by atoms with E-state index in [0.717, 1.165) is 6.42 Å². The third-order valence-corrected chi connectivity index (χ3v) is 5.59. The number of ketones is 2. The molecule has 1 saturated carbocycles. The Hall–Kier alpha value is -1.52. The second-order valence-electron chi connectivity index (χ2n) is 7.17. The molecular formula is C17H18O4. The van der Waals surface area contributed by atoms with Crippen molar-refractivity contribution in [1.29, 1.82) is 0 Å². The van der Waals surface area contributed by atoms with Crippen LogP contribution >= 0.6 is 0 Å². The van der Waals surface area contributed by atoms with Crippen LogP contribution in [0.25, 0.3) is 0 Å². The highest BCUT2D eigenvalue weighted by Gasteiger charge is 2.71. The maximum Gasteiger partial charge on any atom is 0.203 e. The van der Waals surface area contributed by atoms with Gasteiger partial charge in [-0.2, -0.15) is 0 Å². The Kier molecular flexibility index (Phi) is 2.27. The van der Waals surface area contributed by atoms with Crippen LogP contribution in [0.4, 0.5) is 0 Å². The molecule has 1 aromatic carbocycles. The highest BCUT2D eigenvalue weighted by molar-refractivity contribution is 6.20. The number of hydrogen-bond acceptors (Lipinski definition) is 4. The zero-order chi connectivity index (χ0) is 15.0. The minimum Gasteiger partial charge on any atom is -0.362 e. The van der Waals surface area contributed by atoms with Gasteiger partial charge in [-0.3, -0.25) is 9.59 Å². The molecule has 1 N–H and O–H groups in total. The number of carbonyl (C=O) groups excluding carboxylic acids is 2. The summed E-state index contributed by atoms with van der Waals surface area (Å²) in [5, 5.41) is 10.9. The van der Waals surface area contributed by atoms with Gasteiger partial charge in [0.1, 0.15) is 0 Å². The van der Waals surface area contributed by atoms with Crippen molar-refractivity contribution in [3.63, 3.8) is 0 Å². The molecule has 1 aromatic rings. The van der Waals surface area contributed by atoms with Gasteiger partial charge in [0, 0.05) is 29.9 Å². The minimum absolute atomic E-state index is 0.178. The van der Waals surface area contributed by atoms with Crippen LogP contribution in [0.5, 0.6) is 0 Å². The third kappa shape index (κ3) is 1.37. The summed E-state index contributed by atoms with van der Waals surface area (Å²) in [5.74, 6) is -2.26. The number of aliphatic hydroxyl groups is 1. The Morgan fingerprint density at radius 3 is 2.71 bits per heavy atom. The fourth-order valence-corrected chi connectivity index (χ4v) is 4.39. The molecule has 4 nitrogen and oxygen atoms in total. The van der Waals surface area contributed by atoms with Crippen molar-refractivity contribution in [1.82, 2.24) is 0 Å². The molecule has 0 radical (unpaired) electrons. The Bertz CT molecular complexity index is 677. The highest BCUT2D eigenvalue weighted by atomic mass is 16.7.